The van der Waals surface area contributed by atoms with Crippen LogP contribution in [0.1, 0.15) is 26.7 Å². The van der Waals surface area contributed by atoms with Gasteiger partial charge >= 0.3 is 0 Å². The molecule has 5 heteroatoms. The van der Waals surface area contributed by atoms with E-state index in [9.17, 15) is 0 Å². The summed E-state index contributed by atoms with van der Waals surface area (Å²) >= 11 is 0. The van der Waals surface area contributed by atoms with Crippen molar-refractivity contribution < 1.29 is 14.2 Å². The molecular formula is C15H32N2O3. The number of nitrogens with one attached hydrogen (secondary N) is 1. The minimum atomic E-state index is 0.342. The van der Waals surface area contributed by atoms with E-state index in [0.717, 1.165) is 52.2 Å². The van der Waals surface area contributed by atoms with Crippen LogP contribution in [0.3, 0.4) is 0 Å². The quantitative estimate of drug-likeness (QED) is 0.617. The van der Waals surface area contributed by atoms with Gasteiger partial charge in [0.2, 0.25) is 0 Å². The second-order valence-electron chi connectivity index (χ2n) is 5.56. The normalized spacial score (nSPS) is 24.4. The summed E-state index contributed by atoms with van der Waals surface area (Å²) < 4.78 is 16.6. The molecule has 0 aromatic heterocycles. The summed E-state index contributed by atoms with van der Waals surface area (Å²) in [5.41, 5.74) is 0. The van der Waals surface area contributed by atoms with Crippen LogP contribution in [0.4, 0.5) is 0 Å². The number of nitrogens with zero attached hydrogens (tertiary/aromatic N) is 1. The van der Waals surface area contributed by atoms with Gasteiger partial charge in [-0.05, 0) is 26.3 Å². The molecule has 1 aliphatic rings. The molecule has 0 aromatic carbocycles. The predicted molar refractivity (Wildman–Crippen MR) is 81.2 cm³/mol. The average Bonchev–Trinajstić information content (AvgIpc) is 2.89. The lowest BCUT2D eigenvalue weighted by atomic mass is 10.1. The smallest absolute Gasteiger partial charge is 0.0707 e. The molecule has 1 aliphatic heterocycles. The summed E-state index contributed by atoms with van der Waals surface area (Å²) in [5, 5.41) is 3.36. The number of rotatable bonds is 11. The van der Waals surface area contributed by atoms with Crippen molar-refractivity contribution >= 4 is 0 Å². The van der Waals surface area contributed by atoms with Gasteiger partial charge in [0, 0.05) is 39.9 Å². The Morgan fingerprint density at radius 2 is 2.00 bits per heavy atom. The lowest BCUT2D eigenvalue weighted by Crippen LogP contribution is -2.43. The van der Waals surface area contributed by atoms with Crippen LogP contribution in [0.15, 0.2) is 0 Å². The van der Waals surface area contributed by atoms with E-state index in [-0.39, 0.29) is 0 Å². The van der Waals surface area contributed by atoms with Crippen LogP contribution in [0, 0.1) is 0 Å². The molecule has 0 radical (unpaired) electrons. The van der Waals surface area contributed by atoms with Gasteiger partial charge < -0.3 is 19.5 Å². The summed E-state index contributed by atoms with van der Waals surface area (Å²) in [7, 11) is 3.50. The van der Waals surface area contributed by atoms with Crippen LogP contribution in [0.25, 0.3) is 0 Å². The summed E-state index contributed by atoms with van der Waals surface area (Å²) in [6, 6.07) is 0.395. The summed E-state index contributed by atoms with van der Waals surface area (Å²) in [6.07, 6.45) is 3.03. The molecule has 5 nitrogen and oxygen atoms in total. The minimum Gasteiger partial charge on any atom is -0.383 e. The highest BCUT2D eigenvalue weighted by Crippen LogP contribution is 2.20. The lowest BCUT2D eigenvalue weighted by molar-refractivity contribution is -0.000307. The Labute approximate surface area is 123 Å². The number of ether oxygens (including phenoxy) is 3. The van der Waals surface area contributed by atoms with Gasteiger partial charge in [-0.15, -0.1) is 0 Å². The molecule has 3 atom stereocenters. The third-order valence-electron chi connectivity index (χ3n) is 3.87. The van der Waals surface area contributed by atoms with Crippen LogP contribution < -0.4 is 5.32 Å². The van der Waals surface area contributed by atoms with Crippen LogP contribution in [-0.2, 0) is 14.2 Å². The standard InChI is InChI=1S/C15H32N2O3/c1-5-16-10-14-6-7-15(20-14)11-17(8-9-18-3)13(2)12-19-4/h13-16H,5-12H2,1-4H3. The Kier molecular flexibility index (Phi) is 9.39. The van der Waals surface area contributed by atoms with Crippen molar-refractivity contribution in [2.75, 3.05) is 53.6 Å². The first-order valence-electron chi connectivity index (χ1n) is 7.79. The topological polar surface area (TPSA) is 43.0 Å². The lowest BCUT2D eigenvalue weighted by Gasteiger charge is -2.30. The zero-order valence-corrected chi connectivity index (χ0v) is 13.6. The molecule has 0 aliphatic carbocycles. The minimum absolute atomic E-state index is 0.342. The fourth-order valence-corrected chi connectivity index (χ4v) is 2.68. The fourth-order valence-electron chi connectivity index (χ4n) is 2.68. The van der Waals surface area contributed by atoms with E-state index in [1.807, 2.05) is 0 Å². The molecule has 0 bridgehead atoms. The monoisotopic (exact) mass is 288 g/mol. The molecule has 0 aromatic rings. The second-order valence-corrected chi connectivity index (χ2v) is 5.56. The van der Waals surface area contributed by atoms with E-state index in [1.165, 1.54) is 0 Å². The Morgan fingerprint density at radius 1 is 1.25 bits per heavy atom. The van der Waals surface area contributed by atoms with Crippen molar-refractivity contribution in [2.45, 2.75) is 44.9 Å². The number of methoxy groups -OCH3 is 2. The van der Waals surface area contributed by atoms with Gasteiger partial charge in [0.25, 0.3) is 0 Å². The molecule has 20 heavy (non-hydrogen) atoms. The van der Waals surface area contributed by atoms with Crippen molar-refractivity contribution in [2.24, 2.45) is 0 Å². The molecule has 1 saturated heterocycles. The third-order valence-corrected chi connectivity index (χ3v) is 3.87. The van der Waals surface area contributed by atoms with Crippen LogP contribution in [0.5, 0.6) is 0 Å². The van der Waals surface area contributed by atoms with Crippen LogP contribution in [0.2, 0.25) is 0 Å². The zero-order chi connectivity index (χ0) is 14.8. The maximum Gasteiger partial charge on any atom is 0.0707 e. The van der Waals surface area contributed by atoms with Crippen molar-refractivity contribution in [1.82, 2.24) is 10.2 Å². The first kappa shape index (κ1) is 17.9. The van der Waals surface area contributed by atoms with E-state index in [2.05, 4.69) is 24.1 Å². The van der Waals surface area contributed by atoms with Gasteiger partial charge in [-0.25, -0.2) is 0 Å². The fraction of sp³-hybridized carbons (Fsp3) is 1.00. The maximum absolute atomic E-state index is 6.12. The van der Waals surface area contributed by atoms with E-state index < -0.39 is 0 Å². The Balaban J connectivity index is 2.36. The Hall–Kier alpha value is -0.200. The summed E-state index contributed by atoms with van der Waals surface area (Å²) in [5.74, 6) is 0. The zero-order valence-electron chi connectivity index (χ0n) is 13.6. The molecule has 1 N–H and O–H groups in total. The van der Waals surface area contributed by atoms with Gasteiger partial charge in [-0.3, -0.25) is 4.90 Å². The SMILES string of the molecule is CCNCC1CCC(CN(CCOC)C(C)COC)O1. The predicted octanol–water partition coefficient (Wildman–Crippen LogP) is 1.13. The number of likely N-dealkylation sites (N-methyl/N-ethyl adjacent to an activating group) is 1. The highest BCUT2D eigenvalue weighted by Gasteiger charge is 2.27. The molecule has 1 heterocycles. The van der Waals surface area contributed by atoms with Crippen molar-refractivity contribution in [3.05, 3.63) is 0 Å². The highest BCUT2D eigenvalue weighted by atomic mass is 16.5. The molecule has 1 fully saturated rings. The molecule has 1 rings (SSSR count). The second kappa shape index (κ2) is 10.5. The largest absolute Gasteiger partial charge is 0.383 e. The van der Waals surface area contributed by atoms with Gasteiger partial charge in [0.1, 0.15) is 0 Å². The Bertz CT molecular complexity index is 241. The van der Waals surface area contributed by atoms with Crippen LogP contribution >= 0.6 is 0 Å². The van der Waals surface area contributed by atoms with Crippen molar-refractivity contribution in [3.8, 4) is 0 Å². The maximum atomic E-state index is 6.12. The molecule has 120 valence electrons. The van der Waals surface area contributed by atoms with Crippen molar-refractivity contribution in [3.63, 3.8) is 0 Å². The van der Waals surface area contributed by atoms with E-state index in [1.54, 1.807) is 14.2 Å². The van der Waals surface area contributed by atoms with Gasteiger partial charge in [0.05, 0.1) is 25.4 Å². The molecule has 3 unspecified atom stereocenters. The molecule has 0 saturated carbocycles. The average molecular weight is 288 g/mol. The van der Waals surface area contributed by atoms with Gasteiger partial charge in [0.15, 0.2) is 0 Å². The van der Waals surface area contributed by atoms with E-state index >= 15 is 0 Å². The summed E-state index contributed by atoms with van der Waals surface area (Å²) in [6.45, 7) is 9.71. The third kappa shape index (κ3) is 6.50. The van der Waals surface area contributed by atoms with Gasteiger partial charge in [-0.1, -0.05) is 6.92 Å². The Morgan fingerprint density at radius 3 is 2.65 bits per heavy atom. The number of hydrogen-bond donors (Lipinski definition) is 1. The first-order valence-corrected chi connectivity index (χ1v) is 7.79. The summed E-state index contributed by atoms with van der Waals surface area (Å²) in [4.78, 5) is 2.41. The first-order chi connectivity index (χ1) is 9.71. The number of hydrogen-bond acceptors (Lipinski definition) is 5. The highest BCUT2D eigenvalue weighted by molar-refractivity contribution is 4.79. The molecule has 0 spiro atoms. The van der Waals surface area contributed by atoms with Crippen LogP contribution in [-0.4, -0.2) is 76.8 Å². The van der Waals surface area contributed by atoms with Gasteiger partial charge in [-0.2, -0.15) is 0 Å². The van der Waals surface area contributed by atoms with Crippen molar-refractivity contribution in [1.29, 1.82) is 0 Å². The van der Waals surface area contributed by atoms with E-state index in [0.29, 0.717) is 18.2 Å². The van der Waals surface area contributed by atoms with E-state index in [4.69, 9.17) is 14.2 Å². The molecule has 0 amide bonds. The molecular weight excluding hydrogens is 256 g/mol.